The van der Waals surface area contributed by atoms with Crippen molar-refractivity contribution in [2.24, 2.45) is 0 Å². The number of aryl methyl sites for hydroxylation is 2. The summed E-state index contributed by atoms with van der Waals surface area (Å²) in [4.78, 5) is 28.1. The topological polar surface area (TPSA) is 84.0 Å². The lowest BCUT2D eigenvalue weighted by Crippen LogP contribution is -2.51. The number of esters is 1. The average Bonchev–Trinajstić information content (AvgIpc) is 3.36. The molecule has 2 aliphatic heterocycles. The zero-order valence-electron chi connectivity index (χ0n) is 21.1. The molecule has 0 N–H and O–H groups in total. The van der Waals surface area contributed by atoms with Crippen molar-refractivity contribution in [3.05, 3.63) is 63.7 Å². The number of hydrogen-bond acceptors (Lipinski definition) is 5. The van der Waals surface area contributed by atoms with Crippen molar-refractivity contribution >= 4 is 21.9 Å². The van der Waals surface area contributed by atoms with Gasteiger partial charge in [0.05, 0.1) is 4.90 Å². The summed E-state index contributed by atoms with van der Waals surface area (Å²) in [6.07, 6.45) is 1.10. The minimum Gasteiger partial charge on any atom is -0.451 e. The number of hydrogen-bond donors (Lipinski definition) is 0. The molecule has 0 unspecified atom stereocenters. The highest BCUT2D eigenvalue weighted by molar-refractivity contribution is 7.89. The Kier molecular flexibility index (Phi) is 7.06. The second-order valence-electron chi connectivity index (χ2n) is 9.74. The molecule has 8 heteroatoms. The van der Waals surface area contributed by atoms with Gasteiger partial charge in [-0.05, 0) is 80.8 Å². The summed E-state index contributed by atoms with van der Waals surface area (Å²) in [6, 6.07) is 8.47. The number of sulfonamides is 1. The Hall–Kier alpha value is -2.71. The van der Waals surface area contributed by atoms with Gasteiger partial charge in [0.2, 0.25) is 10.0 Å². The van der Waals surface area contributed by atoms with Gasteiger partial charge in [0.25, 0.3) is 5.91 Å². The summed E-state index contributed by atoms with van der Waals surface area (Å²) in [7, 11) is -4.04. The van der Waals surface area contributed by atoms with Crippen LogP contribution in [0.3, 0.4) is 0 Å². The molecule has 1 saturated heterocycles. The molecule has 2 aliphatic rings. The Morgan fingerprint density at radius 3 is 2.14 bits per heavy atom. The van der Waals surface area contributed by atoms with Gasteiger partial charge >= 0.3 is 5.97 Å². The van der Waals surface area contributed by atoms with Crippen LogP contribution in [-0.2, 0) is 37.3 Å². The molecule has 0 aliphatic carbocycles. The van der Waals surface area contributed by atoms with Gasteiger partial charge in [-0.2, -0.15) is 4.31 Å². The normalized spacial score (nSPS) is 19.3. The Labute approximate surface area is 208 Å². The first-order chi connectivity index (χ1) is 16.5. The monoisotopic (exact) mass is 498 g/mol. The van der Waals surface area contributed by atoms with E-state index in [2.05, 4.69) is 0 Å². The molecule has 0 saturated carbocycles. The van der Waals surface area contributed by atoms with E-state index in [0.29, 0.717) is 24.2 Å². The largest absolute Gasteiger partial charge is 0.451 e. The minimum atomic E-state index is -4.04. The lowest BCUT2D eigenvalue weighted by Gasteiger charge is -2.36. The van der Waals surface area contributed by atoms with E-state index in [4.69, 9.17) is 4.74 Å². The molecule has 0 aromatic heterocycles. The van der Waals surface area contributed by atoms with Gasteiger partial charge in [0.15, 0.2) is 6.10 Å². The van der Waals surface area contributed by atoms with Crippen molar-refractivity contribution in [2.45, 2.75) is 77.5 Å². The molecule has 0 bridgehead atoms. The zero-order valence-corrected chi connectivity index (χ0v) is 21.9. The highest BCUT2D eigenvalue weighted by Crippen LogP contribution is 2.34. The summed E-state index contributed by atoms with van der Waals surface area (Å²) in [5, 5.41) is 0. The van der Waals surface area contributed by atoms with E-state index < -0.39 is 28.1 Å². The number of nitrogens with zero attached hydrogens (tertiary/aromatic N) is 2. The number of likely N-dealkylation sites (tertiary alicyclic amines) is 1. The first kappa shape index (κ1) is 25.4. The maximum atomic E-state index is 14.1. The zero-order chi connectivity index (χ0) is 25.5. The summed E-state index contributed by atoms with van der Waals surface area (Å²) in [5.74, 6) is -0.926. The van der Waals surface area contributed by atoms with Gasteiger partial charge in [0.1, 0.15) is 6.04 Å². The number of rotatable bonds is 5. The van der Waals surface area contributed by atoms with Crippen LogP contribution >= 0.6 is 0 Å². The molecule has 2 heterocycles. The van der Waals surface area contributed by atoms with Crippen LogP contribution < -0.4 is 0 Å². The average molecular weight is 499 g/mol. The number of fused-ring (bicyclic) bond motifs is 1. The van der Waals surface area contributed by atoms with E-state index in [1.807, 2.05) is 44.2 Å². The Bertz CT molecular complexity index is 1240. The van der Waals surface area contributed by atoms with Crippen LogP contribution in [0.2, 0.25) is 0 Å². The van der Waals surface area contributed by atoms with Crippen molar-refractivity contribution in [3.8, 4) is 0 Å². The molecule has 188 valence electrons. The third-order valence-electron chi connectivity index (χ3n) is 7.40. The number of amides is 1. The fourth-order valence-electron chi connectivity index (χ4n) is 5.14. The van der Waals surface area contributed by atoms with Crippen molar-refractivity contribution in [1.29, 1.82) is 0 Å². The standard InChI is InChI=1S/C27H34N2O5S/c1-17-14-18(2)20(4)25(19(17)3)35(32,33)29-16-23-11-7-6-10-22(23)15-24(29)27(31)34-21(5)26(30)28-12-8-9-13-28/h6-7,10-11,14,21,24H,8-9,12-13,15-16H2,1-5H3/t21-,24+/m0/s1. The predicted molar refractivity (Wildman–Crippen MR) is 133 cm³/mol. The van der Waals surface area contributed by atoms with Crippen LogP contribution in [0.4, 0.5) is 0 Å². The van der Waals surface area contributed by atoms with Crippen LogP contribution in [0.15, 0.2) is 35.2 Å². The Balaban J connectivity index is 1.71. The van der Waals surface area contributed by atoms with Gasteiger partial charge in [-0.1, -0.05) is 30.3 Å². The summed E-state index contributed by atoms with van der Waals surface area (Å²) >= 11 is 0. The lowest BCUT2D eigenvalue weighted by atomic mass is 9.96. The number of carbonyl (C=O) groups excluding carboxylic acids is 2. The maximum absolute atomic E-state index is 14.1. The molecule has 2 aromatic rings. The summed E-state index contributed by atoms with van der Waals surface area (Å²) in [5.41, 5.74) is 4.89. The van der Waals surface area contributed by atoms with Crippen LogP contribution in [0.5, 0.6) is 0 Å². The summed E-state index contributed by atoms with van der Waals surface area (Å²) < 4.78 is 35.1. The molecule has 2 aromatic carbocycles. The third kappa shape index (κ3) is 4.74. The van der Waals surface area contributed by atoms with Crippen molar-refractivity contribution in [3.63, 3.8) is 0 Å². The number of ether oxygens (including phenoxy) is 1. The van der Waals surface area contributed by atoms with Gasteiger partial charge in [-0.25, -0.2) is 8.42 Å². The Morgan fingerprint density at radius 2 is 1.54 bits per heavy atom. The van der Waals surface area contributed by atoms with Crippen LogP contribution in [0.1, 0.15) is 53.1 Å². The highest BCUT2D eigenvalue weighted by atomic mass is 32.2. The molecular formula is C27H34N2O5S. The van der Waals surface area contributed by atoms with E-state index in [1.54, 1.807) is 25.7 Å². The predicted octanol–water partition coefficient (Wildman–Crippen LogP) is 3.59. The molecular weight excluding hydrogens is 464 g/mol. The smallest absolute Gasteiger partial charge is 0.325 e. The molecule has 1 fully saturated rings. The van der Waals surface area contributed by atoms with Crippen molar-refractivity contribution in [1.82, 2.24) is 9.21 Å². The number of carbonyl (C=O) groups is 2. The molecule has 0 spiro atoms. The van der Waals surface area contributed by atoms with E-state index in [-0.39, 0.29) is 23.8 Å². The van der Waals surface area contributed by atoms with Crippen molar-refractivity contribution in [2.75, 3.05) is 13.1 Å². The molecule has 35 heavy (non-hydrogen) atoms. The second-order valence-corrected chi connectivity index (χ2v) is 11.6. The first-order valence-corrected chi connectivity index (χ1v) is 13.6. The van der Waals surface area contributed by atoms with Crippen LogP contribution in [0.25, 0.3) is 0 Å². The molecule has 1 amide bonds. The maximum Gasteiger partial charge on any atom is 0.325 e. The van der Waals surface area contributed by atoms with E-state index in [0.717, 1.165) is 35.1 Å². The quantitative estimate of drug-likeness (QED) is 0.589. The first-order valence-electron chi connectivity index (χ1n) is 12.2. The van der Waals surface area contributed by atoms with Gasteiger partial charge < -0.3 is 9.64 Å². The lowest BCUT2D eigenvalue weighted by molar-refractivity contribution is -0.162. The Morgan fingerprint density at radius 1 is 0.971 bits per heavy atom. The second kappa shape index (κ2) is 9.74. The molecule has 4 rings (SSSR count). The van der Waals surface area contributed by atoms with Crippen LogP contribution in [-0.4, -0.2) is 54.7 Å². The van der Waals surface area contributed by atoms with E-state index in [1.165, 1.54) is 4.31 Å². The van der Waals surface area contributed by atoms with Gasteiger partial charge in [-0.3, -0.25) is 9.59 Å². The van der Waals surface area contributed by atoms with E-state index in [9.17, 15) is 18.0 Å². The van der Waals surface area contributed by atoms with Crippen LogP contribution in [0, 0.1) is 27.7 Å². The SMILES string of the molecule is Cc1cc(C)c(C)c(S(=O)(=O)N2Cc3ccccc3C[C@@H]2C(=O)O[C@@H](C)C(=O)N2CCCC2)c1C. The molecule has 2 atom stereocenters. The van der Waals surface area contributed by atoms with E-state index >= 15 is 0 Å². The third-order valence-corrected chi connectivity index (χ3v) is 9.53. The summed E-state index contributed by atoms with van der Waals surface area (Å²) in [6.45, 7) is 10.3. The van der Waals surface area contributed by atoms with Crippen molar-refractivity contribution < 1.29 is 22.7 Å². The van der Waals surface area contributed by atoms with Gasteiger partial charge in [-0.15, -0.1) is 0 Å². The fraction of sp³-hybridized carbons (Fsp3) is 0.481. The fourth-order valence-corrected chi connectivity index (χ4v) is 7.27. The minimum absolute atomic E-state index is 0.0681. The number of benzene rings is 2. The van der Waals surface area contributed by atoms with Gasteiger partial charge in [0, 0.05) is 26.1 Å². The molecule has 0 radical (unpaired) electrons. The highest BCUT2D eigenvalue weighted by Gasteiger charge is 2.43. The molecule has 7 nitrogen and oxygen atoms in total.